The summed E-state index contributed by atoms with van der Waals surface area (Å²) in [5.74, 6) is -0.419. The number of piperidine rings is 1. The third kappa shape index (κ3) is 3.26. The Kier molecular flexibility index (Phi) is 4.53. The SMILES string of the molecule is CC(=O)c1cc(CN2CC[C@H](O)[C@](CC3CC3)(C(=O)O)C2)n(C)c1. The summed E-state index contributed by atoms with van der Waals surface area (Å²) < 4.78 is 1.92. The van der Waals surface area contributed by atoms with E-state index in [1.54, 1.807) is 6.92 Å². The molecule has 2 N–H and O–H groups in total. The lowest BCUT2D eigenvalue weighted by atomic mass is 9.73. The van der Waals surface area contributed by atoms with Crippen molar-refractivity contribution in [2.75, 3.05) is 13.1 Å². The van der Waals surface area contributed by atoms with Crippen molar-refractivity contribution in [3.8, 4) is 0 Å². The number of aromatic nitrogens is 1. The maximum Gasteiger partial charge on any atom is 0.313 e. The van der Waals surface area contributed by atoms with Crippen molar-refractivity contribution >= 4 is 11.8 Å². The fourth-order valence-electron chi connectivity index (χ4n) is 3.82. The Balaban J connectivity index is 1.77. The molecule has 1 aliphatic carbocycles. The lowest BCUT2D eigenvalue weighted by Crippen LogP contribution is -2.56. The molecule has 2 heterocycles. The van der Waals surface area contributed by atoms with E-state index in [-0.39, 0.29) is 5.78 Å². The number of aliphatic hydroxyl groups excluding tert-OH is 1. The van der Waals surface area contributed by atoms with Crippen molar-refractivity contribution in [2.45, 2.75) is 45.3 Å². The number of carbonyl (C=O) groups is 2. The highest BCUT2D eigenvalue weighted by molar-refractivity contribution is 5.94. The van der Waals surface area contributed by atoms with Gasteiger partial charge in [0.15, 0.2) is 5.78 Å². The molecule has 6 heteroatoms. The zero-order chi connectivity index (χ0) is 17.5. The van der Waals surface area contributed by atoms with Gasteiger partial charge in [-0.25, -0.2) is 0 Å². The second kappa shape index (κ2) is 6.33. The first-order valence-corrected chi connectivity index (χ1v) is 8.62. The van der Waals surface area contributed by atoms with Crippen molar-refractivity contribution in [1.82, 2.24) is 9.47 Å². The first-order chi connectivity index (χ1) is 11.3. The van der Waals surface area contributed by atoms with Crippen LogP contribution in [0.4, 0.5) is 0 Å². The van der Waals surface area contributed by atoms with E-state index < -0.39 is 17.5 Å². The highest BCUT2D eigenvalue weighted by atomic mass is 16.4. The van der Waals surface area contributed by atoms with E-state index in [0.717, 1.165) is 18.5 Å². The molecule has 0 bridgehead atoms. The number of rotatable bonds is 6. The van der Waals surface area contributed by atoms with Gasteiger partial charge in [-0.15, -0.1) is 0 Å². The molecular formula is C18H26N2O4. The quantitative estimate of drug-likeness (QED) is 0.773. The zero-order valence-corrected chi connectivity index (χ0v) is 14.4. The fraction of sp³-hybridized carbons (Fsp3) is 0.667. The van der Waals surface area contributed by atoms with E-state index in [0.29, 0.717) is 44.0 Å². The predicted molar refractivity (Wildman–Crippen MR) is 88.7 cm³/mol. The number of aliphatic hydroxyl groups is 1. The topological polar surface area (TPSA) is 82.8 Å². The minimum absolute atomic E-state index is 0.0273. The molecular weight excluding hydrogens is 308 g/mol. The summed E-state index contributed by atoms with van der Waals surface area (Å²) in [4.78, 5) is 25.6. The van der Waals surface area contributed by atoms with E-state index in [1.165, 1.54) is 0 Å². The van der Waals surface area contributed by atoms with Crippen molar-refractivity contribution in [2.24, 2.45) is 18.4 Å². The van der Waals surface area contributed by atoms with E-state index in [9.17, 15) is 19.8 Å². The van der Waals surface area contributed by atoms with E-state index in [2.05, 4.69) is 4.90 Å². The fourth-order valence-corrected chi connectivity index (χ4v) is 3.82. The Hall–Kier alpha value is -1.66. The minimum atomic E-state index is -1.06. The van der Waals surface area contributed by atoms with Crippen LogP contribution in [0.15, 0.2) is 12.3 Å². The normalized spacial score (nSPS) is 28.0. The Morgan fingerprint density at radius 3 is 2.58 bits per heavy atom. The zero-order valence-electron chi connectivity index (χ0n) is 14.4. The standard InChI is InChI=1S/C18H26N2O4/c1-12(21)14-7-15(19(2)9-14)10-20-6-5-16(22)18(11-20,17(23)24)8-13-3-4-13/h7,9,13,16,22H,3-6,8,10-11H2,1-2H3,(H,23,24)/t16-,18+/m0/s1. The van der Waals surface area contributed by atoms with E-state index >= 15 is 0 Å². The number of carbonyl (C=O) groups excluding carboxylic acids is 1. The molecule has 2 atom stereocenters. The Bertz CT molecular complexity index is 649. The van der Waals surface area contributed by atoms with Gasteiger partial charge >= 0.3 is 5.97 Å². The Morgan fingerprint density at radius 2 is 2.04 bits per heavy atom. The van der Waals surface area contributed by atoms with Crippen molar-refractivity contribution in [1.29, 1.82) is 0 Å². The second-order valence-corrected chi connectivity index (χ2v) is 7.51. The van der Waals surface area contributed by atoms with Crippen molar-refractivity contribution in [3.63, 3.8) is 0 Å². The number of nitrogens with zero attached hydrogens (tertiary/aromatic N) is 2. The Labute approximate surface area is 142 Å². The maximum atomic E-state index is 12.0. The second-order valence-electron chi connectivity index (χ2n) is 7.51. The molecule has 2 fully saturated rings. The van der Waals surface area contributed by atoms with Gasteiger partial charge in [-0.3, -0.25) is 14.5 Å². The smallest absolute Gasteiger partial charge is 0.313 e. The molecule has 1 aliphatic heterocycles. The number of carboxylic acid groups (broad SMARTS) is 1. The summed E-state index contributed by atoms with van der Waals surface area (Å²) in [6, 6.07) is 1.87. The summed E-state index contributed by atoms with van der Waals surface area (Å²) in [6.45, 7) is 3.17. The summed E-state index contributed by atoms with van der Waals surface area (Å²) in [5, 5.41) is 20.2. The molecule has 1 saturated heterocycles. The van der Waals surface area contributed by atoms with Gasteiger partial charge in [0.1, 0.15) is 5.41 Å². The average Bonchev–Trinajstić information content (AvgIpc) is 3.25. The van der Waals surface area contributed by atoms with Gasteiger partial charge in [-0.1, -0.05) is 12.8 Å². The monoisotopic (exact) mass is 334 g/mol. The molecule has 1 aromatic heterocycles. The number of hydrogen-bond acceptors (Lipinski definition) is 4. The van der Waals surface area contributed by atoms with Gasteiger partial charge in [-0.05, 0) is 31.7 Å². The maximum absolute atomic E-state index is 12.0. The predicted octanol–water partition coefficient (Wildman–Crippen LogP) is 1.67. The number of carboxylic acids is 1. The van der Waals surface area contributed by atoms with Crippen LogP contribution in [0.3, 0.4) is 0 Å². The summed E-state index contributed by atoms with van der Waals surface area (Å²) in [6.07, 6.45) is 4.20. The lowest BCUT2D eigenvalue weighted by Gasteiger charge is -2.43. The summed E-state index contributed by atoms with van der Waals surface area (Å²) in [5.41, 5.74) is 0.600. The van der Waals surface area contributed by atoms with Crippen LogP contribution >= 0.6 is 0 Å². The van der Waals surface area contributed by atoms with Gasteiger partial charge in [0.25, 0.3) is 0 Å². The van der Waals surface area contributed by atoms with Gasteiger partial charge in [0, 0.05) is 44.1 Å². The van der Waals surface area contributed by atoms with Crippen molar-refractivity contribution in [3.05, 3.63) is 23.5 Å². The molecule has 2 aliphatic rings. The molecule has 0 amide bonds. The van der Waals surface area contributed by atoms with Crippen LogP contribution in [0.1, 0.15) is 48.7 Å². The lowest BCUT2D eigenvalue weighted by molar-refractivity contribution is -0.165. The highest BCUT2D eigenvalue weighted by Gasteiger charge is 2.51. The number of ketones is 1. The molecule has 132 valence electrons. The number of aryl methyl sites for hydroxylation is 1. The third-order valence-corrected chi connectivity index (χ3v) is 5.54. The molecule has 1 aromatic rings. The molecule has 3 rings (SSSR count). The van der Waals surface area contributed by atoms with Crippen LogP contribution in [-0.4, -0.2) is 50.6 Å². The minimum Gasteiger partial charge on any atom is -0.481 e. The highest BCUT2D eigenvalue weighted by Crippen LogP contribution is 2.45. The van der Waals surface area contributed by atoms with Crippen LogP contribution in [0.2, 0.25) is 0 Å². The summed E-state index contributed by atoms with van der Waals surface area (Å²) in [7, 11) is 1.90. The molecule has 0 aromatic carbocycles. The molecule has 6 nitrogen and oxygen atoms in total. The molecule has 0 spiro atoms. The molecule has 0 radical (unpaired) electrons. The average molecular weight is 334 g/mol. The number of Topliss-reactive ketones (excluding diaryl/α,β-unsaturated/α-hetero) is 1. The Morgan fingerprint density at radius 1 is 1.33 bits per heavy atom. The van der Waals surface area contributed by atoms with Crippen LogP contribution in [0, 0.1) is 11.3 Å². The largest absolute Gasteiger partial charge is 0.481 e. The van der Waals surface area contributed by atoms with Crippen LogP contribution in [0.25, 0.3) is 0 Å². The van der Waals surface area contributed by atoms with Crippen LogP contribution < -0.4 is 0 Å². The van der Waals surface area contributed by atoms with E-state index in [4.69, 9.17) is 0 Å². The number of likely N-dealkylation sites (tertiary alicyclic amines) is 1. The van der Waals surface area contributed by atoms with Gasteiger partial charge in [-0.2, -0.15) is 0 Å². The van der Waals surface area contributed by atoms with Gasteiger partial charge in [0.2, 0.25) is 0 Å². The molecule has 1 saturated carbocycles. The van der Waals surface area contributed by atoms with Gasteiger partial charge < -0.3 is 14.8 Å². The number of aliphatic carboxylic acids is 1. The molecule has 0 unspecified atom stereocenters. The number of hydrogen-bond donors (Lipinski definition) is 2. The third-order valence-electron chi connectivity index (χ3n) is 5.54. The van der Waals surface area contributed by atoms with Gasteiger partial charge in [0.05, 0.1) is 6.10 Å². The summed E-state index contributed by atoms with van der Waals surface area (Å²) >= 11 is 0. The van der Waals surface area contributed by atoms with Crippen molar-refractivity contribution < 1.29 is 19.8 Å². The van der Waals surface area contributed by atoms with Crippen LogP contribution in [0.5, 0.6) is 0 Å². The van der Waals surface area contributed by atoms with Crippen LogP contribution in [-0.2, 0) is 18.4 Å². The first kappa shape index (κ1) is 17.2. The van der Waals surface area contributed by atoms with E-state index in [1.807, 2.05) is 23.9 Å². The molecule has 24 heavy (non-hydrogen) atoms. The first-order valence-electron chi connectivity index (χ1n) is 8.62.